The number of methoxy groups -OCH3 is 2. The smallest absolute Gasteiger partial charge is 0.223 e. The molecule has 0 aliphatic carbocycles. The normalized spacial score (nSPS) is 13.4. The molecule has 1 amide bonds. The fourth-order valence-electron chi connectivity index (χ4n) is 3.48. The van der Waals surface area contributed by atoms with Gasteiger partial charge in [0.1, 0.15) is 5.82 Å². The summed E-state index contributed by atoms with van der Waals surface area (Å²) in [6.45, 7) is 1.06. The van der Waals surface area contributed by atoms with Crippen molar-refractivity contribution >= 4 is 23.5 Å². The van der Waals surface area contributed by atoms with E-state index in [1.807, 2.05) is 18.2 Å². The third-order valence-corrected chi connectivity index (χ3v) is 6.05. The summed E-state index contributed by atoms with van der Waals surface area (Å²) in [5.74, 6) is 2.50. The molecule has 32 heavy (non-hydrogen) atoms. The zero-order valence-corrected chi connectivity index (χ0v) is 18.7. The zero-order valence-electron chi connectivity index (χ0n) is 17.9. The van der Waals surface area contributed by atoms with E-state index in [0.29, 0.717) is 53.4 Å². The number of hydrogen-bond donors (Lipinski definition) is 0. The van der Waals surface area contributed by atoms with E-state index >= 15 is 0 Å². The summed E-state index contributed by atoms with van der Waals surface area (Å²) in [7, 11) is 3.08. The van der Waals surface area contributed by atoms with Crippen LogP contribution in [0.5, 0.6) is 11.5 Å². The molecule has 4 rings (SSSR count). The molecule has 0 spiro atoms. The van der Waals surface area contributed by atoms with Gasteiger partial charge in [-0.05, 0) is 36.8 Å². The van der Waals surface area contributed by atoms with E-state index < -0.39 is 0 Å². The fraction of sp³-hybridized carbons (Fsp3) is 0.318. The van der Waals surface area contributed by atoms with Crippen molar-refractivity contribution in [3.63, 3.8) is 0 Å². The van der Waals surface area contributed by atoms with Crippen molar-refractivity contribution in [1.82, 2.24) is 24.6 Å². The molecule has 1 aromatic carbocycles. The van der Waals surface area contributed by atoms with Crippen LogP contribution in [-0.4, -0.2) is 62.9 Å². The van der Waals surface area contributed by atoms with Crippen LogP contribution in [0.25, 0.3) is 5.82 Å². The second kappa shape index (κ2) is 9.82. The minimum Gasteiger partial charge on any atom is -0.493 e. The molecule has 3 aromatic rings. The number of hydrogen-bond acceptors (Lipinski definition) is 8. The van der Waals surface area contributed by atoms with E-state index in [4.69, 9.17) is 9.47 Å². The van der Waals surface area contributed by atoms with E-state index in [1.54, 1.807) is 41.0 Å². The largest absolute Gasteiger partial charge is 0.493 e. The standard InChI is InChI=1S/C22H23N5O4S/c1-30-17-9-8-15(12-18(17)31-2)16(28)14-32-22-25-24-20(13-26-11-5-7-21(26)29)27(22)19-6-3-4-10-23-19/h3-4,6,8-10,12H,5,7,11,13-14H2,1-2H3. The van der Waals surface area contributed by atoms with Crippen LogP contribution >= 0.6 is 11.8 Å². The molecule has 1 saturated heterocycles. The number of pyridine rings is 1. The molecule has 1 aliphatic heterocycles. The van der Waals surface area contributed by atoms with Gasteiger partial charge >= 0.3 is 0 Å². The Balaban J connectivity index is 1.55. The number of rotatable bonds is 9. The number of amides is 1. The second-order valence-corrected chi connectivity index (χ2v) is 8.07. The number of aromatic nitrogens is 4. The van der Waals surface area contributed by atoms with Gasteiger partial charge in [-0.2, -0.15) is 0 Å². The van der Waals surface area contributed by atoms with Crippen LogP contribution in [0, 0.1) is 0 Å². The lowest BCUT2D eigenvalue weighted by molar-refractivity contribution is -0.128. The minimum atomic E-state index is -0.0807. The Labute approximate surface area is 189 Å². The summed E-state index contributed by atoms with van der Waals surface area (Å²) in [5, 5.41) is 9.13. The maximum Gasteiger partial charge on any atom is 0.223 e. The predicted octanol–water partition coefficient (Wildman–Crippen LogP) is 2.78. The van der Waals surface area contributed by atoms with E-state index in [1.165, 1.54) is 18.9 Å². The molecule has 0 unspecified atom stereocenters. The Bertz CT molecular complexity index is 1120. The first kappa shape index (κ1) is 21.8. The molecule has 1 fully saturated rings. The Morgan fingerprint density at radius 3 is 2.66 bits per heavy atom. The average molecular weight is 454 g/mol. The molecule has 2 aromatic heterocycles. The summed E-state index contributed by atoms with van der Waals surface area (Å²) in [6.07, 6.45) is 3.08. The van der Waals surface area contributed by atoms with E-state index in [9.17, 15) is 9.59 Å². The van der Waals surface area contributed by atoms with Gasteiger partial charge in [-0.25, -0.2) is 4.98 Å². The van der Waals surface area contributed by atoms with Crippen molar-refractivity contribution in [2.75, 3.05) is 26.5 Å². The van der Waals surface area contributed by atoms with Crippen LogP contribution in [0.3, 0.4) is 0 Å². The van der Waals surface area contributed by atoms with Crippen molar-refractivity contribution < 1.29 is 19.1 Å². The minimum absolute atomic E-state index is 0.0807. The molecule has 9 nitrogen and oxygen atoms in total. The van der Waals surface area contributed by atoms with Gasteiger partial charge in [-0.1, -0.05) is 17.8 Å². The number of Topliss-reactive ketones (excluding diaryl/α,β-unsaturated/α-hetero) is 1. The first-order valence-corrected chi connectivity index (χ1v) is 11.1. The summed E-state index contributed by atoms with van der Waals surface area (Å²) >= 11 is 1.27. The molecule has 166 valence electrons. The van der Waals surface area contributed by atoms with Crippen LogP contribution in [0.2, 0.25) is 0 Å². The van der Waals surface area contributed by atoms with Crippen LogP contribution in [0.15, 0.2) is 47.8 Å². The third kappa shape index (κ3) is 4.59. The maximum atomic E-state index is 12.8. The van der Waals surface area contributed by atoms with Crippen LogP contribution in [0.4, 0.5) is 0 Å². The molecule has 0 saturated carbocycles. The molecule has 0 radical (unpaired) electrons. The van der Waals surface area contributed by atoms with Gasteiger partial charge in [-0.15, -0.1) is 10.2 Å². The number of benzene rings is 1. The Morgan fingerprint density at radius 2 is 1.97 bits per heavy atom. The number of ether oxygens (including phenoxy) is 2. The Kier molecular flexibility index (Phi) is 6.69. The van der Waals surface area contributed by atoms with Gasteiger partial charge in [0.15, 0.2) is 28.3 Å². The van der Waals surface area contributed by atoms with Crippen molar-refractivity contribution in [2.45, 2.75) is 24.5 Å². The first-order valence-electron chi connectivity index (χ1n) is 10.1. The number of thioether (sulfide) groups is 1. The predicted molar refractivity (Wildman–Crippen MR) is 118 cm³/mol. The summed E-state index contributed by atoms with van der Waals surface area (Å²) in [6, 6.07) is 10.6. The number of carbonyl (C=O) groups is 2. The highest BCUT2D eigenvalue weighted by Crippen LogP contribution is 2.29. The number of likely N-dealkylation sites (tertiary alicyclic amines) is 1. The maximum absolute atomic E-state index is 12.8. The molecule has 1 aliphatic rings. The summed E-state index contributed by atoms with van der Waals surface area (Å²) < 4.78 is 12.3. The van der Waals surface area contributed by atoms with Crippen LogP contribution < -0.4 is 9.47 Å². The number of ketones is 1. The van der Waals surface area contributed by atoms with Gasteiger partial charge in [-0.3, -0.25) is 14.2 Å². The van der Waals surface area contributed by atoms with Gasteiger partial charge < -0.3 is 14.4 Å². The average Bonchev–Trinajstić information content (AvgIpc) is 3.43. The fourth-order valence-corrected chi connectivity index (χ4v) is 4.33. The first-order chi connectivity index (χ1) is 15.6. The number of carbonyl (C=O) groups excluding carboxylic acids is 2. The van der Waals surface area contributed by atoms with Crippen molar-refractivity contribution in [2.24, 2.45) is 0 Å². The van der Waals surface area contributed by atoms with E-state index in [-0.39, 0.29) is 17.4 Å². The Hall–Kier alpha value is -3.40. The lowest BCUT2D eigenvalue weighted by Gasteiger charge is -2.16. The van der Waals surface area contributed by atoms with E-state index in [0.717, 1.165) is 6.42 Å². The molecular formula is C22H23N5O4S. The molecule has 3 heterocycles. The highest BCUT2D eigenvalue weighted by molar-refractivity contribution is 7.99. The van der Waals surface area contributed by atoms with Crippen molar-refractivity contribution in [3.05, 3.63) is 54.0 Å². The van der Waals surface area contributed by atoms with Gasteiger partial charge in [0, 0.05) is 24.7 Å². The van der Waals surface area contributed by atoms with Gasteiger partial charge in [0.25, 0.3) is 0 Å². The van der Waals surface area contributed by atoms with Gasteiger partial charge in [0.05, 0.1) is 26.5 Å². The second-order valence-electron chi connectivity index (χ2n) is 7.12. The zero-order chi connectivity index (χ0) is 22.5. The lowest BCUT2D eigenvalue weighted by atomic mass is 10.1. The van der Waals surface area contributed by atoms with Crippen LogP contribution in [0.1, 0.15) is 29.0 Å². The quantitative estimate of drug-likeness (QED) is 0.360. The molecule has 10 heteroatoms. The van der Waals surface area contributed by atoms with Crippen molar-refractivity contribution in [1.29, 1.82) is 0 Å². The lowest BCUT2D eigenvalue weighted by Crippen LogP contribution is -2.25. The summed E-state index contributed by atoms with van der Waals surface area (Å²) in [4.78, 5) is 31.1. The Morgan fingerprint density at radius 1 is 1.12 bits per heavy atom. The molecule has 0 N–H and O–H groups in total. The topological polar surface area (TPSA) is 99.4 Å². The van der Waals surface area contributed by atoms with E-state index in [2.05, 4.69) is 15.2 Å². The highest BCUT2D eigenvalue weighted by atomic mass is 32.2. The molecule has 0 atom stereocenters. The summed E-state index contributed by atoms with van der Waals surface area (Å²) in [5.41, 5.74) is 0.516. The number of nitrogens with zero attached hydrogens (tertiary/aromatic N) is 5. The third-order valence-electron chi connectivity index (χ3n) is 5.12. The van der Waals surface area contributed by atoms with Crippen LogP contribution in [-0.2, 0) is 11.3 Å². The monoisotopic (exact) mass is 453 g/mol. The highest BCUT2D eigenvalue weighted by Gasteiger charge is 2.24. The molecule has 0 bridgehead atoms. The van der Waals surface area contributed by atoms with Gasteiger partial charge in [0.2, 0.25) is 5.91 Å². The van der Waals surface area contributed by atoms with Crippen molar-refractivity contribution in [3.8, 4) is 17.3 Å². The SMILES string of the molecule is COc1ccc(C(=O)CSc2nnc(CN3CCCC3=O)n2-c2ccccn2)cc1OC. The molecular weight excluding hydrogens is 430 g/mol.